The number of imidazole rings is 1. The van der Waals surface area contributed by atoms with Crippen molar-refractivity contribution in [1.29, 1.82) is 0 Å². The summed E-state index contributed by atoms with van der Waals surface area (Å²) in [6.07, 6.45) is 0.836. The Morgan fingerprint density at radius 1 is 1.11 bits per heavy atom. The number of aryl methyl sites for hydroxylation is 2. The van der Waals surface area contributed by atoms with Gasteiger partial charge >= 0.3 is 0 Å². The molecule has 2 aromatic heterocycles. The Morgan fingerprint density at radius 3 is 2.63 bits per heavy atom. The fraction of sp³-hybridized carbons (Fsp3) is 0.357. The molecule has 9 nitrogen and oxygen atoms in total. The highest BCUT2D eigenvalue weighted by Crippen LogP contribution is 2.30. The van der Waals surface area contributed by atoms with Crippen LogP contribution in [0.3, 0.4) is 0 Å². The number of H-pyrrole nitrogens is 2. The fourth-order valence-corrected chi connectivity index (χ4v) is 5.34. The predicted octanol–water partition coefficient (Wildman–Crippen LogP) is 3.56. The Bertz CT molecular complexity index is 1490. The number of aromatic amines is 2. The van der Waals surface area contributed by atoms with Gasteiger partial charge in [0.15, 0.2) is 0 Å². The molecular formula is C28H33BrN6O3. The van der Waals surface area contributed by atoms with E-state index in [1.54, 1.807) is 12.3 Å². The summed E-state index contributed by atoms with van der Waals surface area (Å²) in [4.78, 5) is 28.5. The largest absolute Gasteiger partial charge is 0.395 e. The maximum atomic E-state index is 12.9. The maximum Gasteiger partial charge on any atom is 0.261 e. The molecule has 1 fully saturated rings. The molecule has 4 aromatic rings. The third kappa shape index (κ3) is 5.49. The lowest BCUT2D eigenvalue weighted by atomic mass is 10.1. The molecule has 3 heterocycles. The van der Waals surface area contributed by atoms with E-state index in [1.807, 2.05) is 32.0 Å². The number of hydrogen-bond acceptors (Lipinski definition) is 7. The molecule has 0 radical (unpaired) electrons. The van der Waals surface area contributed by atoms with Crippen LogP contribution >= 0.6 is 15.9 Å². The molecule has 5 rings (SSSR count). The highest BCUT2D eigenvalue weighted by Gasteiger charge is 2.20. The number of halogens is 1. The van der Waals surface area contributed by atoms with Gasteiger partial charge in [-0.05, 0) is 54.8 Å². The highest BCUT2D eigenvalue weighted by molar-refractivity contribution is 9.10. The number of rotatable bonds is 8. The molecule has 5 N–H and O–H groups in total. The van der Waals surface area contributed by atoms with Crippen molar-refractivity contribution in [3.63, 3.8) is 0 Å². The van der Waals surface area contributed by atoms with Crippen LogP contribution in [0, 0.1) is 13.8 Å². The number of pyridine rings is 1. The van der Waals surface area contributed by atoms with Crippen LogP contribution in [0.15, 0.2) is 51.9 Å². The number of β-amino-alcohol motifs (C(OH)–C–C–N with tert-alkyl or cyclic N) is 1. The number of fused-ring (bicyclic) bond motifs is 1. The highest BCUT2D eigenvalue weighted by atomic mass is 79.9. The predicted molar refractivity (Wildman–Crippen MR) is 155 cm³/mol. The number of anilines is 2. The van der Waals surface area contributed by atoms with Gasteiger partial charge in [0.1, 0.15) is 11.4 Å². The van der Waals surface area contributed by atoms with Gasteiger partial charge in [-0.15, -0.1) is 0 Å². The van der Waals surface area contributed by atoms with Gasteiger partial charge < -0.3 is 30.4 Å². The Labute approximate surface area is 229 Å². The Morgan fingerprint density at radius 2 is 1.89 bits per heavy atom. The van der Waals surface area contributed by atoms with Crippen LogP contribution < -0.4 is 15.8 Å². The summed E-state index contributed by atoms with van der Waals surface area (Å²) >= 11 is 3.52. The van der Waals surface area contributed by atoms with Crippen LogP contribution in [0.25, 0.3) is 22.4 Å². The fourth-order valence-electron chi connectivity index (χ4n) is 4.95. The van der Waals surface area contributed by atoms with Gasteiger partial charge in [-0.3, -0.25) is 9.69 Å². The van der Waals surface area contributed by atoms with E-state index in [9.17, 15) is 15.0 Å². The van der Waals surface area contributed by atoms with E-state index < -0.39 is 6.10 Å². The van der Waals surface area contributed by atoms with E-state index in [4.69, 9.17) is 4.98 Å². The topological polar surface area (TPSA) is 121 Å². The molecular weight excluding hydrogens is 548 g/mol. The van der Waals surface area contributed by atoms with Crippen molar-refractivity contribution in [3.8, 4) is 11.4 Å². The van der Waals surface area contributed by atoms with E-state index in [0.29, 0.717) is 23.6 Å². The lowest BCUT2D eigenvalue weighted by Gasteiger charge is -2.35. The first-order valence-corrected chi connectivity index (χ1v) is 13.6. The molecule has 38 heavy (non-hydrogen) atoms. The molecule has 0 bridgehead atoms. The minimum atomic E-state index is -0.752. The molecule has 2 aromatic carbocycles. The second-order valence-electron chi connectivity index (χ2n) is 9.80. The van der Waals surface area contributed by atoms with E-state index in [1.165, 1.54) is 0 Å². The second-order valence-corrected chi connectivity index (χ2v) is 10.7. The molecule has 0 unspecified atom stereocenters. The van der Waals surface area contributed by atoms with E-state index in [0.717, 1.165) is 64.1 Å². The molecule has 0 spiro atoms. The number of hydrogen-bond donors (Lipinski definition) is 5. The SMILES string of the molecule is Cc1ccc([C@H](O)CNc2cc[nH]c(=O)c2-c2nc3c(C)cc(N4CCN(CCO)CC4)cc3[nH]2)cc1Br. The molecule has 200 valence electrons. The smallest absolute Gasteiger partial charge is 0.261 e. The Kier molecular flexibility index (Phi) is 7.85. The quantitative estimate of drug-likeness (QED) is 0.216. The molecule has 1 atom stereocenters. The Balaban J connectivity index is 1.40. The van der Waals surface area contributed by atoms with Crippen LogP contribution in [0.2, 0.25) is 0 Å². The van der Waals surface area contributed by atoms with Crippen molar-refractivity contribution >= 4 is 38.3 Å². The number of benzene rings is 2. The van der Waals surface area contributed by atoms with E-state index in [2.05, 4.69) is 53.1 Å². The number of nitrogens with zero attached hydrogens (tertiary/aromatic N) is 3. The standard InChI is InChI=1S/C28H33BrN6O3/c1-17-3-4-19(14-21(17)29)24(37)16-31-22-5-6-30-28(38)25(22)27-32-23-15-20(13-18(2)26(23)33-27)35-9-7-34(8-10-35)11-12-36/h3-6,13-15,24,36-37H,7-12,16H2,1-2H3,(H,32,33)(H2,30,31,38)/t24-/m1/s1. The summed E-state index contributed by atoms with van der Waals surface area (Å²) in [6.45, 7) is 8.74. The van der Waals surface area contributed by atoms with E-state index in [-0.39, 0.29) is 18.7 Å². The van der Waals surface area contributed by atoms with Crippen LogP contribution in [-0.4, -0.2) is 75.9 Å². The van der Waals surface area contributed by atoms with Crippen LogP contribution in [0.5, 0.6) is 0 Å². The van der Waals surface area contributed by atoms with E-state index >= 15 is 0 Å². The third-order valence-corrected chi connectivity index (χ3v) is 8.03. The van der Waals surface area contributed by atoms with Crippen molar-refractivity contribution in [2.75, 3.05) is 56.1 Å². The molecule has 0 amide bonds. The number of aliphatic hydroxyl groups excluding tert-OH is 2. The van der Waals surface area contributed by atoms with Crippen LogP contribution in [0.4, 0.5) is 11.4 Å². The average Bonchev–Trinajstić information content (AvgIpc) is 3.34. The van der Waals surface area contributed by atoms with Crippen molar-refractivity contribution in [1.82, 2.24) is 19.9 Å². The van der Waals surface area contributed by atoms with Gasteiger partial charge in [-0.1, -0.05) is 28.1 Å². The van der Waals surface area contributed by atoms with Crippen LogP contribution in [0.1, 0.15) is 22.8 Å². The first-order valence-electron chi connectivity index (χ1n) is 12.8. The first-order chi connectivity index (χ1) is 18.3. The zero-order valence-corrected chi connectivity index (χ0v) is 23.2. The molecule has 0 aliphatic carbocycles. The van der Waals surface area contributed by atoms with Gasteiger partial charge in [0, 0.05) is 55.6 Å². The van der Waals surface area contributed by atoms with Crippen molar-refractivity contribution in [2.45, 2.75) is 20.0 Å². The second kappa shape index (κ2) is 11.3. The van der Waals surface area contributed by atoms with Gasteiger partial charge in [0.2, 0.25) is 0 Å². The number of aliphatic hydroxyl groups is 2. The lowest BCUT2D eigenvalue weighted by molar-refractivity contribution is 0.189. The van der Waals surface area contributed by atoms with Crippen molar-refractivity contribution in [2.24, 2.45) is 0 Å². The summed E-state index contributed by atoms with van der Waals surface area (Å²) < 4.78 is 0.940. The molecule has 10 heteroatoms. The van der Waals surface area contributed by atoms with Gasteiger partial charge in [0.25, 0.3) is 5.56 Å². The first kappa shape index (κ1) is 26.4. The van der Waals surface area contributed by atoms with Crippen molar-refractivity contribution in [3.05, 3.63) is 74.1 Å². The summed E-state index contributed by atoms with van der Waals surface area (Å²) in [5.41, 5.74) is 6.44. The van der Waals surface area contributed by atoms with Crippen molar-refractivity contribution < 1.29 is 10.2 Å². The molecule has 1 aliphatic rings. The third-order valence-electron chi connectivity index (χ3n) is 7.18. The zero-order valence-electron chi connectivity index (χ0n) is 21.6. The normalized spacial score (nSPS) is 15.2. The average molecular weight is 582 g/mol. The zero-order chi connectivity index (χ0) is 26.8. The maximum absolute atomic E-state index is 12.9. The van der Waals surface area contributed by atoms with Gasteiger partial charge in [-0.25, -0.2) is 4.98 Å². The number of nitrogens with one attached hydrogen (secondary N) is 3. The number of aromatic nitrogens is 3. The monoisotopic (exact) mass is 580 g/mol. The summed E-state index contributed by atoms with van der Waals surface area (Å²) in [5.74, 6) is 0.477. The van der Waals surface area contributed by atoms with Crippen LogP contribution in [-0.2, 0) is 0 Å². The number of piperazine rings is 1. The summed E-state index contributed by atoms with van der Waals surface area (Å²) in [6, 6.07) is 11.8. The molecule has 1 saturated heterocycles. The minimum Gasteiger partial charge on any atom is -0.395 e. The minimum absolute atomic E-state index is 0.181. The lowest BCUT2D eigenvalue weighted by Crippen LogP contribution is -2.47. The summed E-state index contributed by atoms with van der Waals surface area (Å²) in [5, 5.41) is 23.2. The summed E-state index contributed by atoms with van der Waals surface area (Å²) in [7, 11) is 0. The van der Waals surface area contributed by atoms with Gasteiger partial charge in [0.05, 0.1) is 29.4 Å². The van der Waals surface area contributed by atoms with Gasteiger partial charge in [-0.2, -0.15) is 0 Å². The molecule has 1 aliphatic heterocycles. The Hall–Kier alpha value is -3.18. The molecule has 0 saturated carbocycles.